The number of carbonyl (C=O) groups excluding carboxylic acids is 2. The SMILES string of the molecule is C=CC(=O)N1Cc2cc(-c3nc(-c4ccc5c(c4)CNC5=O)c4ccsc4c3-c3c(F)cc(F)cc3OC[C@@H](C)O)nn2C[C@H]1C. The highest BCUT2D eigenvalue weighted by Gasteiger charge is 2.31. The summed E-state index contributed by atoms with van der Waals surface area (Å²) in [4.78, 5) is 31.7. The standard InChI is InChI=1S/C34H29F2N5O4S/c1-4-28(43)40-15-22-12-26(39-41(22)14-17(40)2)32-30(29-25(36)10-21(35)11-27(29)45-16-18(3)42)33-24(7-8-46-33)31(38-32)19-5-6-23-20(9-19)13-37-34(23)44/h4-12,17-18,42H,1,13-16H2,2-3H3,(H,37,44)/t17-,18-/m1/s1. The van der Waals surface area contributed by atoms with Gasteiger partial charge < -0.3 is 20.1 Å². The Morgan fingerprint density at radius 1 is 1.22 bits per heavy atom. The summed E-state index contributed by atoms with van der Waals surface area (Å²) in [6.45, 7) is 8.01. The Morgan fingerprint density at radius 2 is 2.04 bits per heavy atom. The summed E-state index contributed by atoms with van der Waals surface area (Å²) in [5, 5.41) is 20.3. The molecule has 0 fully saturated rings. The minimum absolute atomic E-state index is 0.00454. The molecule has 0 saturated carbocycles. The molecule has 234 valence electrons. The molecule has 12 heteroatoms. The zero-order chi connectivity index (χ0) is 32.3. The Kier molecular flexibility index (Phi) is 7.41. The number of aliphatic hydroxyl groups is 1. The number of amides is 2. The average molecular weight is 642 g/mol. The van der Waals surface area contributed by atoms with E-state index in [4.69, 9.17) is 14.8 Å². The number of halogens is 2. The second-order valence-corrected chi connectivity index (χ2v) is 12.5. The molecule has 2 aliphatic heterocycles. The molecule has 0 unspecified atom stereocenters. The van der Waals surface area contributed by atoms with Gasteiger partial charge in [0.2, 0.25) is 5.91 Å². The van der Waals surface area contributed by atoms with Crippen LogP contribution in [-0.2, 0) is 24.4 Å². The van der Waals surface area contributed by atoms with Crippen molar-refractivity contribution < 1.29 is 28.2 Å². The van der Waals surface area contributed by atoms with Crippen LogP contribution in [0.15, 0.2) is 60.5 Å². The lowest BCUT2D eigenvalue weighted by molar-refractivity contribution is -0.129. The maximum Gasteiger partial charge on any atom is 0.251 e. The number of carbonyl (C=O) groups is 2. The molecule has 3 aromatic heterocycles. The largest absolute Gasteiger partial charge is 0.490 e. The lowest BCUT2D eigenvalue weighted by Crippen LogP contribution is -2.44. The monoisotopic (exact) mass is 641 g/mol. The minimum Gasteiger partial charge on any atom is -0.490 e. The molecule has 7 rings (SSSR count). The summed E-state index contributed by atoms with van der Waals surface area (Å²) in [7, 11) is 0. The molecule has 9 nitrogen and oxygen atoms in total. The number of aromatic nitrogens is 3. The predicted octanol–water partition coefficient (Wildman–Crippen LogP) is 5.69. The molecule has 0 bridgehead atoms. The highest BCUT2D eigenvalue weighted by atomic mass is 32.1. The van der Waals surface area contributed by atoms with Crippen molar-refractivity contribution in [3.05, 3.63) is 89.0 Å². The van der Waals surface area contributed by atoms with E-state index in [1.165, 1.54) is 24.3 Å². The summed E-state index contributed by atoms with van der Waals surface area (Å²) < 4.78 is 38.9. The van der Waals surface area contributed by atoms with E-state index in [1.54, 1.807) is 11.0 Å². The molecule has 0 spiro atoms. The van der Waals surface area contributed by atoms with Crippen molar-refractivity contribution >= 4 is 33.2 Å². The Hall–Kier alpha value is -4.94. The van der Waals surface area contributed by atoms with Crippen molar-refractivity contribution in [1.29, 1.82) is 0 Å². The Balaban J connectivity index is 1.49. The number of hydrogen-bond acceptors (Lipinski definition) is 7. The van der Waals surface area contributed by atoms with Gasteiger partial charge in [-0.25, -0.2) is 13.8 Å². The second-order valence-electron chi connectivity index (χ2n) is 11.5. The van der Waals surface area contributed by atoms with E-state index < -0.39 is 17.7 Å². The zero-order valence-electron chi connectivity index (χ0n) is 25.0. The molecule has 2 atom stereocenters. The summed E-state index contributed by atoms with van der Waals surface area (Å²) in [6, 6.07) is 11.0. The maximum absolute atomic E-state index is 16.0. The molecular formula is C34H29F2N5O4S. The smallest absolute Gasteiger partial charge is 0.251 e. The van der Waals surface area contributed by atoms with E-state index in [0.717, 1.165) is 34.3 Å². The van der Waals surface area contributed by atoms with Crippen molar-refractivity contribution in [2.45, 2.75) is 45.6 Å². The van der Waals surface area contributed by atoms with Crippen LogP contribution in [0, 0.1) is 11.6 Å². The fourth-order valence-corrected chi connectivity index (χ4v) is 7.06. The van der Waals surface area contributed by atoms with Crippen molar-refractivity contribution in [1.82, 2.24) is 25.0 Å². The fourth-order valence-electron chi connectivity index (χ4n) is 6.11. The molecule has 2 aliphatic rings. The predicted molar refractivity (Wildman–Crippen MR) is 170 cm³/mol. The van der Waals surface area contributed by atoms with Gasteiger partial charge in [-0.3, -0.25) is 14.3 Å². The highest BCUT2D eigenvalue weighted by Crippen LogP contribution is 2.47. The van der Waals surface area contributed by atoms with E-state index in [0.29, 0.717) is 52.5 Å². The van der Waals surface area contributed by atoms with Crippen molar-refractivity contribution in [3.63, 3.8) is 0 Å². The summed E-state index contributed by atoms with van der Waals surface area (Å²) in [5.74, 6) is -2.08. The molecule has 0 saturated heterocycles. The van der Waals surface area contributed by atoms with Crippen LogP contribution in [0.2, 0.25) is 0 Å². The molecule has 2 aromatic carbocycles. The van der Waals surface area contributed by atoms with Gasteiger partial charge in [0.1, 0.15) is 35.4 Å². The summed E-state index contributed by atoms with van der Waals surface area (Å²) >= 11 is 1.37. The molecule has 0 radical (unpaired) electrons. The Labute approximate surface area is 266 Å². The average Bonchev–Trinajstić information content (AvgIpc) is 3.77. The van der Waals surface area contributed by atoms with Crippen LogP contribution in [0.25, 0.3) is 43.9 Å². The normalized spacial score (nSPS) is 16.2. The van der Waals surface area contributed by atoms with Crippen LogP contribution >= 0.6 is 11.3 Å². The molecular weight excluding hydrogens is 612 g/mol. The third kappa shape index (κ3) is 5.03. The number of thiophene rings is 1. The highest BCUT2D eigenvalue weighted by molar-refractivity contribution is 7.18. The number of fused-ring (bicyclic) bond motifs is 3. The fraction of sp³-hybridized carbons (Fsp3) is 0.235. The number of hydrogen-bond donors (Lipinski definition) is 2. The van der Waals surface area contributed by atoms with E-state index in [1.807, 2.05) is 41.3 Å². The first-order valence-electron chi connectivity index (χ1n) is 14.8. The van der Waals surface area contributed by atoms with Crippen molar-refractivity contribution in [3.8, 4) is 39.5 Å². The molecule has 46 heavy (non-hydrogen) atoms. The molecule has 5 heterocycles. The Bertz CT molecular complexity index is 2070. The molecule has 5 aromatic rings. The van der Waals surface area contributed by atoms with Gasteiger partial charge in [-0.2, -0.15) is 5.10 Å². The van der Waals surface area contributed by atoms with Crippen LogP contribution in [0.3, 0.4) is 0 Å². The minimum atomic E-state index is -0.884. The first-order chi connectivity index (χ1) is 22.1. The van der Waals surface area contributed by atoms with E-state index >= 15 is 4.39 Å². The molecule has 0 aliphatic carbocycles. The third-order valence-corrected chi connectivity index (χ3v) is 9.22. The summed E-state index contributed by atoms with van der Waals surface area (Å²) in [5.41, 5.74) is 4.71. The van der Waals surface area contributed by atoms with Gasteiger partial charge in [-0.05, 0) is 55.1 Å². The lowest BCUT2D eigenvalue weighted by atomic mass is 9.95. The number of nitrogens with one attached hydrogen (secondary N) is 1. The van der Waals surface area contributed by atoms with Crippen LogP contribution in [-0.4, -0.2) is 55.3 Å². The third-order valence-electron chi connectivity index (χ3n) is 8.28. The number of rotatable bonds is 7. The van der Waals surface area contributed by atoms with Gasteiger partial charge in [0, 0.05) is 51.5 Å². The van der Waals surface area contributed by atoms with Gasteiger partial charge in [0.25, 0.3) is 5.91 Å². The zero-order valence-corrected chi connectivity index (χ0v) is 25.8. The van der Waals surface area contributed by atoms with E-state index in [-0.39, 0.29) is 35.8 Å². The van der Waals surface area contributed by atoms with Crippen LogP contribution in [0.5, 0.6) is 5.75 Å². The topological polar surface area (TPSA) is 110 Å². The van der Waals surface area contributed by atoms with Crippen molar-refractivity contribution in [2.24, 2.45) is 0 Å². The maximum atomic E-state index is 16.0. The van der Waals surface area contributed by atoms with Crippen LogP contribution in [0.1, 0.15) is 35.5 Å². The summed E-state index contributed by atoms with van der Waals surface area (Å²) in [6.07, 6.45) is 0.400. The van der Waals surface area contributed by atoms with Gasteiger partial charge >= 0.3 is 0 Å². The molecule has 2 amide bonds. The first-order valence-corrected chi connectivity index (χ1v) is 15.6. The number of pyridine rings is 1. The first kappa shape index (κ1) is 29.8. The number of ether oxygens (including phenoxy) is 1. The number of benzene rings is 2. The van der Waals surface area contributed by atoms with Crippen LogP contribution < -0.4 is 10.1 Å². The van der Waals surface area contributed by atoms with Gasteiger partial charge in [0.05, 0.1) is 36.1 Å². The van der Waals surface area contributed by atoms with Crippen LogP contribution in [0.4, 0.5) is 8.78 Å². The van der Waals surface area contributed by atoms with Gasteiger partial charge in [-0.15, -0.1) is 11.3 Å². The second kappa shape index (κ2) is 11.5. The van der Waals surface area contributed by atoms with Gasteiger partial charge in [0.15, 0.2) is 0 Å². The number of aliphatic hydroxyl groups excluding tert-OH is 1. The van der Waals surface area contributed by atoms with Crippen molar-refractivity contribution in [2.75, 3.05) is 6.61 Å². The van der Waals surface area contributed by atoms with E-state index in [9.17, 15) is 19.1 Å². The quantitative estimate of drug-likeness (QED) is 0.221. The van der Waals surface area contributed by atoms with Gasteiger partial charge in [-0.1, -0.05) is 12.6 Å². The number of nitrogens with zero attached hydrogens (tertiary/aromatic N) is 4. The lowest BCUT2D eigenvalue weighted by Gasteiger charge is -2.33. The molecule has 2 N–H and O–H groups in total. The van der Waals surface area contributed by atoms with E-state index in [2.05, 4.69) is 11.9 Å². The Morgan fingerprint density at radius 3 is 2.83 bits per heavy atom.